The highest BCUT2D eigenvalue weighted by molar-refractivity contribution is 6.30. The molecule has 1 atom stereocenters. The number of carbonyl (C=O) groups is 1. The van der Waals surface area contributed by atoms with E-state index in [4.69, 9.17) is 16.1 Å². The first kappa shape index (κ1) is 20.7. The maximum Gasteiger partial charge on any atom is 0.231 e. The van der Waals surface area contributed by atoms with Crippen LogP contribution in [0.3, 0.4) is 0 Å². The molecule has 2 heterocycles. The van der Waals surface area contributed by atoms with E-state index in [2.05, 4.69) is 15.5 Å². The Hall–Kier alpha value is -1.63. The Morgan fingerprint density at radius 2 is 2.15 bits per heavy atom. The molecule has 0 aliphatic carbocycles. The second-order valence-corrected chi connectivity index (χ2v) is 6.79. The zero-order valence-corrected chi connectivity index (χ0v) is 16.4. The monoisotopic (exact) mass is 398 g/mol. The number of aromatic nitrogens is 2. The van der Waals surface area contributed by atoms with Gasteiger partial charge in [-0.1, -0.05) is 16.8 Å². The van der Waals surface area contributed by atoms with Crippen LogP contribution in [0.2, 0.25) is 5.02 Å². The Bertz CT molecular complexity index is 705. The van der Waals surface area contributed by atoms with Crippen LogP contribution < -0.4 is 5.32 Å². The fourth-order valence-electron chi connectivity index (χ4n) is 3.10. The van der Waals surface area contributed by atoms with Crippen LogP contribution in [0.4, 0.5) is 0 Å². The lowest BCUT2D eigenvalue weighted by Crippen LogP contribution is -2.39. The van der Waals surface area contributed by atoms with Crippen molar-refractivity contribution in [3.63, 3.8) is 0 Å². The maximum atomic E-state index is 12.3. The van der Waals surface area contributed by atoms with Crippen LogP contribution in [0.1, 0.15) is 37.5 Å². The molecule has 0 saturated carbocycles. The average Bonchev–Trinajstić information content (AvgIpc) is 3.13. The van der Waals surface area contributed by atoms with E-state index in [1.54, 1.807) is 12.1 Å². The minimum atomic E-state index is 0. The van der Waals surface area contributed by atoms with E-state index in [1.807, 2.05) is 24.1 Å². The van der Waals surface area contributed by atoms with Gasteiger partial charge in [-0.2, -0.15) is 4.98 Å². The molecule has 1 unspecified atom stereocenters. The lowest BCUT2D eigenvalue weighted by Gasteiger charge is -2.31. The first-order valence-corrected chi connectivity index (χ1v) is 9.07. The van der Waals surface area contributed by atoms with Crippen molar-refractivity contribution in [1.29, 1.82) is 0 Å². The van der Waals surface area contributed by atoms with Crippen LogP contribution in [0.5, 0.6) is 0 Å². The van der Waals surface area contributed by atoms with Gasteiger partial charge in [-0.15, -0.1) is 12.4 Å². The molecular formula is C18H24Cl2N4O2. The summed E-state index contributed by atoms with van der Waals surface area (Å²) < 4.78 is 5.47. The molecule has 0 spiro atoms. The fourth-order valence-corrected chi connectivity index (χ4v) is 3.22. The summed E-state index contributed by atoms with van der Waals surface area (Å²) in [7, 11) is 1.90. The number of hydrogen-bond acceptors (Lipinski definition) is 5. The fraction of sp³-hybridized carbons (Fsp3) is 0.500. The van der Waals surface area contributed by atoms with Gasteiger partial charge in [-0.05, 0) is 57.1 Å². The summed E-state index contributed by atoms with van der Waals surface area (Å²) in [5, 5.41) is 7.82. The van der Waals surface area contributed by atoms with Crippen molar-refractivity contribution in [1.82, 2.24) is 20.4 Å². The Kier molecular flexibility index (Phi) is 7.87. The van der Waals surface area contributed by atoms with E-state index in [-0.39, 0.29) is 24.2 Å². The van der Waals surface area contributed by atoms with Crippen LogP contribution in [-0.4, -0.2) is 47.6 Å². The smallest absolute Gasteiger partial charge is 0.231 e. The lowest BCUT2D eigenvalue weighted by atomic mass is 9.97. The molecule has 1 aliphatic rings. The molecule has 1 aliphatic heterocycles. The largest absolute Gasteiger partial charge is 0.342 e. The molecule has 6 nitrogen and oxygen atoms in total. The third kappa shape index (κ3) is 5.19. The number of likely N-dealkylation sites (tertiary alicyclic amines) is 1. The SMILES string of the molecule is CNCCCC(=O)N1CCCC(c2nc(-c3ccc(Cl)cc3)no2)C1.Cl. The Morgan fingerprint density at radius 3 is 2.88 bits per heavy atom. The quantitative estimate of drug-likeness (QED) is 0.753. The molecule has 1 fully saturated rings. The number of piperidine rings is 1. The summed E-state index contributed by atoms with van der Waals surface area (Å²) in [6.07, 6.45) is 3.36. The number of hydrogen-bond donors (Lipinski definition) is 1. The topological polar surface area (TPSA) is 71.3 Å². The van der Waals surface area contributed by atoms with Gasteiger partial charge in [-0.25, -0.2) is 0 Å². The Labute approximate surface area is 164 Å². The van der Waals surface area contributed by atoms with Crippen molar-refractivity contribution in [2.45, 2.75) is 31.6 Å². The summed E-state index contributed by atoms with van der Waals surface area (Å²) in [5.74, 6) is 1.48. The Balaban J connectivity index is 0.00000243. The number of amides is 1. The van der Waals surface area contributed by atoms with Crippen LogP contribution >= 0.6 is 24.0 Å². The van der Waals surface area contributed by atoms with E-state index >= 15 is 0 Å². The van der Waals surface area contributed by atoms with Crippen molar-refractivity contribution in [2.75, 3.05) is 26.7 Å². The van der Waals surface area contributed by atoms with Gasteiger partial charge >= 0.3 is 0 Å². The van der Waals surface area contributed by atoms with Crippen molar-refractivity contribution in [3.8, 4) is 11.4 Å². The zero-order chi connectivity index (χ0) is 17.6. The molecule has 0 bridgehead atoms. The molecule has 1 aromatic heterocycles. The molecule has 1 aromatic carbocycles. The summed E-state index contributed by atoms with van der Waals surface area (Å²) in [4.78, 5) is 18.8. The normalized spacial score (nSPS) is 17.0. The molecule has 0 radical (unpaired) electrons. The molecular weight excluding hydrogens is 375 g/mol. The molecule has 2 aromatic rings. The van der Waals surface area contributed by atoms with Crippen molar-refractivity contribution in [3.05, 3.63) is 35.2 Å². The highest BCUT2D eigenvalue weighted by Crippen LogP contribution is 2.28. The lowest BCUT2D eigenvalue weighted by molar-refractivity contribution is -0.132. The number of rotatable bonds is 6. The van der Waals surface area contributed by atoms with Crippen molar-refractivity contribution in [2.24, 2.45) is 0 Å². The molecule has 142 valence electrons. The number of benzene rings is 1. The predicted molar refractivity (Wildman–Crippen MR) is 104 cm³/mol. The molecule has 1 N–H and O–H groups in total. The third-order valence-electron chi connectivity index (χ3n) is 4.48. The minimum absolute atomic E-state index is 0. The van der Waals surface area contributed by atoms with Gasteiger partial charge < -0.3 is 14.7 Å². The second-order valence-electron chi connectivity index (χ2n) is 6.35. The third-order valence-corrected chi connectivity index (χ3v) is 4.74. The highest BCUT2D eigenvalue weighted by atomic mass is 35.5. The van der Waals surface area contributed by atoms with Crippen LogP contribution in [0, 0.1) is 0 Å². The number of nitrogens with one attached hydrogen (secondary N) is 1. The molecule has 3 rings (SSSR count). The molecule has 1 saturated heterocycles. The number of halogens is 2. The van der Waals surface area contributed by atoms with E-state index < -0.39 is 0 Å². The van der Waals surface area contributed by atoms with Crippen LogP contribution in [0.15, 0.2) is 28.8 Å². The standard InChI is InChI=1S/C18H23ClN4O2.ClH/c1-20-10-2-5-16(24)23-11-3-4-14(12-23)18-21-17(22-25-18)13-6-8-15(19)9-7-13;/h6-9,14,20H,2-5,10-12H2,1H3;1H. The van der Waals surface area contributed by atoms with Gasteiger partial charge in [0.05, 0.1) is 5.92 Å². The van der Waals surface area contributed by atoms with Gasteiger partial charge in [0.25, 0.3) is 0 Å². The summed E-state index contributed by atoms with van der Waals surface area (Å²) in [6.45, 7) is 2.32. The van der Waals surface area contributed by atoms with Crippen LogP contribution in [-0.2, 0) is 4.79 Å². The molecule has 8 heteroatoms. The maximum absolute atomic E-state index is 12.3. The number of carbonyl (C=O) groups excluding carboxylic acids is 1. The first-order valence-electron chi connectivity index (χ1n) is 8.69. The zero-order valence-electron chi connectivity index (χ0n) is 14.8. The van der Waals surface area contributed by atoms with E-state index in [9.17, 15) is 4.79 Å². The predicted octanol–water partition coefficient (Wildman–Crippen LogP) is 3.52. The summed E-state index contributed by atoms with van der Waals surface area (Å²) in [5.41, 5.74) is 0.871. The summed E-state index contributed by atoms with van der Waals surface area (Å²) in [6, 6.07) is 7.35. The molecule has 26 heavy (non-hydrogen) atoms. The van der Waals surface area contributed by atoms with Crippen molar-refractivity contribution < 1.29 is 9.32 Å². The van der Waals surface area contributed by atoms with Crippen molar-refractivity contribution >= 4 is 29.9 Å². The summed E-state index contributed by atoms with van der Waals surface area (Å²) >= 11 is 5.91. The van der Waals surface area contributed by atoms with Gasteiger partial charge in [0.15, 0.2) is 0 Å². The second kappa shape index (κ2) is 9.90. The van der Waals surface area contributed by atoms with E-state index in [0.717, 1.165) is 37.9 Å². The van der Waals surface area contributed by atoms with Gasteiger partial charge in [0.1, 0.15) is 0 Å². The van der Waals surface area contributed by atoms with Gasteiger partial charge in [0, 0.05) is 30.1 Å². The Morgan fingerprint density at radius 1 is 1.38 bits per heavy atom. The number of nitrogens with zero attached hydrogens (tertiary/aromatic N) is 3. The van der Waals surface area contributed by atoms with Gasteiger partial charge in [-0.3, -0.25) is 4.79 Å². The molecule has 1 amide bonds. The van der Waals surface area contributed by atoms with E-state index in [1.165, 1.54) is 0 Å². The average molecular weight is 399 g/mol. The van der Waals surface area contributed by atoms with Gasteiger partial charge in [0.2, 0.25) is 17.6 Å². The highest BCUT2D eigenvalue weighted by Gasteiger charge is 2.28. The van der Waals surface area contributed by atoms with Crippen LogP contribution in [0.25, 0.3) is 11.4 Å². The van der Waals surface area contributed by atoms with E-state index in [0.29, 0.717) is 29.7 Å². The minimum Gasteiger partial charge on any atom is -0.342 e. The first-order chi connectivity index (χ1) is 12.2.